The molecule has 0 aliphatic heterocycles. The van der Waals surface area contributed by atoms with Gasteiger partial charge in [0.05, 0.1) is 12.3 Å². The van der Waals surface area contributed by atoms with E-state index in [-0.39, 0.29) is 6.04 Å². The molecule has 0 radical (unpaired) electrons. The number of nitrogens with zero attached hydrogens (tertiary/aromatic N) is 1. The molecule has 96 valence electrons. The summed E-state index contributed by atoms with van der Waals surface area (Å²) >= 11 is 0. The molecule has 1 heterocycles. The van der Waals surface area contributed by atoms with Gasteiger partial charge in [0.15, 0.2) is 0 Å². The molecule has 0 saturated carbocycles. The van der Waals surface area contributed by atoms with E-state index in [1.165, 1.54) is 0 Å². The molecule has 3 nitrogen and oxygen atoms in total. The topological polar surface area (TPSA) is 34.1 Å². The molecule has 0 fully saturated rings. The maximum absolute atomic E-state index is 5.51. The second-order valence-corrected chi connectivity index (χ2v) is 4.65. The zero-order valence-electron chi connectivity index (χ0n) is 11.3. The Morgan fingerprint density at radius 3 is 2.59 bits per heavy atom. The van der Waals surface area contributed by atoms with Crippen LogP contribution in [-0.4, -0.2) is 24.2 Å². The van der Waals surface area contributed by atoms with Crippen molar-refractivity contribution in [2.45, 2.75) is 39.8 Å². The predicted octanol–water partition coefficient (Wildman–Crippen LogP) is 2.79. The largest absolute Gasteiger partial charge is 0.380 e. The Kier molecular flexibility index (Phi) is 6.16. The Bertz CT molecular complexity index is 300. The van der Waals surface area contributed by atoms with Crippen LogP contribution in [0.2, 0.25) is 0 Å². The van der Waals surface area contributed by atoms with Gasteiger partial charge in [-0.05, 0) is 31.9 Å². The first-order valence-corrected chi connectivity index (χ1v) is 6.39. The van der Waals surface area contributed by atoms with Gasteiger partial charge in [0, 0.05) is 24.9 Å². The van der Waals surface area contributed by atoms with E-state index in [1.807, 2.05) is 25.3 Å². The van der Waals surface area contributed by atoms with Crippen molar-refractivity contribution in [2.24, 2.45) is 5.92 Å². The summed E-state index contributed by atoms with van der Waals surface area (Å²) in [7, 11) is 0. The molecule has 1 aromatic rings. The van der Waals surface area contributed by atoms with Crippen LogP contribution in [0.5, 0.6) is 0 Å². The predicted molar refractivity (Wildman–Crippen MR) is 70.9 cm³/mol. The summed E-state index contributed by atoms with van der Waals surface area (Å²) in [5, 5.41) is 3.58. The van der Waals surface area contributed by atoms with Crippen LogP contribution >= 0.6 is 0 Å². The summed E-state index contributed by atoms with van der Waals surface area (Å²) in [4.78, 5) is 4.37. The van der Waals surface area contributed by atoms with Crippen LogP contribution in [0.1, 0.15) is 39.4 Å². The molecular weight excluding hydrogens is 212 g/mol. The first-order valence-electron chi connectivity index (χ1n) is 6.39. The standard InChI is InChI=1S/C14H24N2O/c1-5-17-10-14(11(2)3)16-12(4)13-8-6-7-9-15-13/h6-9,11-12,14,16H,5,10H2,1-4H3. The lowest BCUT2D eigenvalue weighted by Crippen LogP contribution is -2.39. The van der Waals surface area contributed by atoms with Gasteiger partial charge in [0.25, 0.3) is 0 Å². The molecule has 3 heteroatoms. The van der Waals surface area contributed by atoms with E-state index in [9.17, 15) is 0 Å². The number of ether oxygens (including phenoxy) is 1. The molecule has 0 bridgehead atoms. The molecule has 17 heavy (non-hydrogen) atoms. The zero-order chi connectivity index (χ0) is 12.7. The highest BCUT2D eigenvalue weighted by Crippen LogP contribution is 2.12. The molecule has 1 aromatic heterocycles. The molecule has 0 spiro atoms. The number of hydrogen-bond donors (Lipinski definition) is 1. The molecule has 0 saturated heterocycles. The van der Waals surface area contributed by atoms with Crippen LogP contribution in [0, 0.1) is 5.92 Å². The van der Waals surface area contributed by atoms with Crippen LogP contribution in [0.3, 0.4) is 0 Å². The monoisotopic (exact) mass is 236 g/mol. The minimum atomic E-state index is 0.254. The third-order valence-electron chi connectivity index (χ3n) is 2.90. The highest BCUT2D eigenvalue weighted by Gasteiger charge is 2.17. The van der Waals surface area contributed by atoms with Crippen LogP contribution in [0.25, 0.3) is 0 Å². The summed E-state index contributed by atoms with van der Waals surface area (Å²) in [6.45, 7) is 10.1. The zero-order valence-corrected chi connectivity index (χ0v) is 11.3. The van der Waals surface area contributed by atoms with E-state index in [4.69, 9.17) is 4.74 Å². The maximum Gasteiger partial charge on any atom is 0.0622 e. The van der Waals surface area contributed by atoms with E-state index >= 15 is 0 Å². The summed E-state index contributed by atoms with van der Waals surface area (Å²) < 4.78 is 5.51. The normalized spacial score (nSPS) is 14.9. The fraction of sp³-hybridized carbons (Fsp3) is 0.643. The highest BCUT2D eigenvalue weighted by atomic mass is 16.5. The molecule has 2 atom stereocenters. The minimum absolute atomic E-state index is 0.254. The fourth-order valence-electron chi connectivity index (χ4n) is 1.72. The van der Waals surface area contributed by atoms with Crippen molar-refractivity contribution in [3.8, 4) is 0 Å². The molecule has 0 aliphatic carbocycles. The van der Waals surface area contributed by atoms with Crippen LogP contribution < -0.4 is 5.32 Å². The van der Waals surface area contributed by atoms with Gasteiger partial charge >= 0.3 is 0 Å². The second kappa shape index (κ2) is 7.41. The van der Waals surface area contributed by atoms with Crippen molar-refractivity contribution in [3.05, 3.63) is 30.1 Å². The van der Waals surface area contributed by atoms with Crippen LogP contribution in [-0.2, 0) is 4.74 Å². The van der Waals surface area contributed by atoms with Crippen molar-refractivity contribution < 1.29 is 4.74 Å². The van der Waals surface area contributed by atoms with Crippen molar-refractivity contribution in [1.29, 1.82) is 0 Å². The van der Waals surface area contributed by atoms with Crippen molar-refractivity contribution >= 4 is 0 Å². The Labute approximate surface area is 105 Å². The van der Waals surface area contributed by atoms with Gasteiger partial charge < -0.3 is 10.1 Å². The Morgan fingerprint density at radius 2 is 2.06 bits per heavy atom. The van der Waals surface area contributed by atoms with Gasteiger partial charge in [-0.3, -0.25) is 4.98 Å². The Morgan fingerprint density at radius 1 is 1.29 bits per heavy atom. The summed E-state index contributed by atoms with van der Waals surface area (Å²) in [6, 6.07) is 6.63. The maximum atomic E-state index is 5.51. The lowest BCUT2D eigenvalue weighted by atomic mass is 10.0. The molecular formula is C14H24N2O. The van der Waals surface area contributed by atoms with Gasteiger partial charge in [-0.1, -0.05) is 19.9 Å². The number of rotatable bonds is 7. The highest BCUT2D eigenvalue weighted by molar-refractivity contribution is 5.07. The smallest absolute Gasteiger partial charge is 0.0622 e. The quantitative estimate of drug-likeness (QED) is 0.790. The lowest BCUT2D eigenvalue weighted by Gasteiger charge is -2.26. The molecule has 1 rings (SSSR count). The van der Waals surface area contributed by atoms with Crippen LogP contribution in [0.15, 0.2) is 24.4 Å². The first kappa shape index (κ1) is 14.1. The summed E-state index contributed by atoms with van der Waals surface area (Å²) in [6.07, 6.45) is 1.83. The van der Waals surface area contributed by atoms with Gasteiger partial charge in [-0.25, -0.2) is 0 Å². The van der Waals surface area contributed by atoms with Gasteiger partial charge in [0.1, 0.15) is 0 Å². The summed E-state index contributed by atoms with van der Waals surface area (Å²) in [5.74, 6) is 0.549. The van der Waals surface area contributed by atoms with Gasteiger partial charge in [-0.2, -0.15) is 0 Å². The van der Waals surface area contributed by atoms with Gasteiger partial charge in [-0.15, -0.1) is 0 Å². The summed E-state index contributed by atoms with van der Waals surface area (Å²) in [5.41, 5.74) is 1.08. The van der Waals surface area contributed by atoms with Crippen LogP contribution in [0.4, 0.5) is 0 Å². The molecule has 0 aliphatic rings. The second-order valence-electron chi connectivity index (χ2n) is 4.65. The molecule has 2 unspecified atom stereocenters. The van der Waals surface area contributed by atoms with Crippen molar-refractivity contribution in [3.63, 3.8) is 0 Å². The van der Waals surface area contributed by atoms with E-state index in [1.54, 1.807) is 0 Å². The third-order valence-corrected chi connectivity index (χ3v) is 2.90. The number of hydrogen-bond acceptors (Lipinski definition) is 3. The lowest BCUT2D eigenvalue weighted by molar-refractivity contribution is 0.104. The Hall–Kier alpha value is -0.930. The molecule has 0 aromatic carbocycles. The average Bonchev–Trinajstić information content (AvgIpc) is 2.35. The van der Waals surface area contributed by atoms with E-state index in [2.05, 4.69) is 37.1 Å². The van der Waals surface area contributed by atoms with E-state index < -0.39 is 0 Å². The number of aromatic nitrogens is 1. The first-order chi connectivity index (χ1) is 8.15. The minimum Gasteiger partial charge on any atom is -0.380 e. The molecule has 0 amide bonds. The number of nitrogens with one attached hydrogen (secondary N) is 1. The molecule has 1 N–H and O–H groups in total. The third kappa shape index (κ3) is 4.84. The van der Waals surface area contributed by atoms with Crippen molar-refractivity contribution in [1.82, 2.24) is 10.3 Å². The number of pyridine rings is 1. The fourth-order valence-corrected chi connectivity index (χ4v) is 1.72. The van der Waals surface area contributed by atoms with Gasteiger partial charge in [0.2, 0.25) is 0 Å². The van der Waals surface area contributed by atoms with Crippen molar-refractivity contribution in [2.75, 3.05) is 13.2 Å². The Balaban J connectivity index is 2.54. The van der Waals surface area contributed by atoms with E-state index in [0.717, 1.165) is 18.9 Å². The SMILES string of the molecule is CCOCC(NC(C)c1ccccn1)C(C)C. The average molecular weight is 236 g/mol. The van der Waals surface area contributed by atoms with E-state index in [0.29, 0.717) is 12.0 Å².